The van der Waals surface area contributed by atoms with Gasteiger partial charge >= 0.3 is 6.18 Å². The van der Waals surface area contributed by atoms with Crippen molar-refractivity contribution in [2.24, 2.45) is 13.0 Å². The SMILES string of the molecule is CC(OCC(F)(F)F)C(=O)N1CCCC(C(O)c2nccn2C)C1. The van der Waals surface area contributed by atoms with Crippen LogP contribution in [0, 0.1) is 5.92 Å². The van der Waals surface area contributed by atoms with Crippen molar-refractivity contribution in [1.82, 2.24) is 14.5 Å². The van der Waals surface area contributed by atoms with Crippen molar-refractivity contribution in [3.63, 3.8) is 0 Å². The summed E-state index contributed by atoms with van der Waals surface area (Å²) in [5, 5.41) is 10.5. The maximum atomic E-state index is 12.3. The van der Waals surface area contributed by atoms with Gasteiger partial charge in [-0.3, -0.25) is 4.79 Å². The standard InChI is InChI=1S/C15H22F3N3O3/c1-10(24-9-15(16,17)18)14(23)21-6-3-4-11(8-21)12(22)13-19-5-7-20(13)2/h5,7,10-12,22H,3-4,6,8-9H2,1-2H3. The topological polar surface area (TPSA) is 67.6 Å². The van der Waals surface area contributed by atoms with Gasteiger partial charge in [-0.2, -0.15) is 13.2 Å². The molecule has 1 aromatic rings. The summed E-state index contributed by atoms with van der Waals surface area (Å²) in [7, 11) is 1.77. The number of rotatable bonds is 5. The molecule has 0 aromatic carbocycles. The lowest BCUT2D eigenvalue weighted by molar-refractivity contribution is -0.189. The van der Waals surface area contributed by atoms with E-state index in [0.717, 1.165) is 6.42 Å². The number of aryl methyl sites for hydroxylation is 1. The minimum atomic E-state index is -4.46. The monoisotopic (exact) mass is 349 g/mol. The van der Waals surface area contributed by atoms with Gasteiger partial charge in [-0.15, -0.1) is 0 Å². The Labute approximate surface area is 138 Å². The molecule has 0 saturated carbocycles. The number of piperidine rings is 1. The van der Waals surface area contributed by atoms with Crippen LogP contribution >= 0.6 is 0 Å². The zero-order valence-electron chi connectivity index (χ0n) is 13.7. The summed E-state index contributed by atoms with van der Waals surface area (Å²) in [6.07, 6.45) is -1.77. The molecule has 1 fully saturated rings. The Morgan fingerprint density at radius 1 is 1.54 bits per heavy atom. The van der Waals surface area contributed by atoms with Gasteiger partial charge < -0.3 is 19.3 Å². The van der Waals surface area contributed by atoms with Crippen molar-refractivity contribution >= 4 is 5.91 Å². The fraction of sp³-hybridized carbons (Fsp3) is 0.733. The first-order chi connectivity index (χ1) is 11.2. The third-order valence-electron chi connectivity index (χ3n) is 4.18. The molecule has 3 atom stereocenters. The molecule has 1 N–H and O–H groups in total. The number of aromatic nitrogens is 2. The van der Waals surface area contributed by atoms with Crippen LogP contribution in [0.2, 0.25) is 0 Å². The number of halogens is 3. The van der Waals surface area contributed by atoms with Gasteiger partial charge in [-0.25, -0.2) is 4.98 Å². The molecule has 0 bridgehead atoms. The Morgan fingerprint density at radius 3 is 2.83 bits per heavy atom. The Morgan fingerprint density at radius 2 is 2.25 bits per heavy atom. The number of alkyl halides is 3. The quantitative estimate of drug-likeness (QED) is 0.878. The number of hydrogen-bond donors (Lipinski definition) is 1. The van der Waals surface area contributed by atoms with Crippen LogP contribution in [0.15, 0.2) is 12.4 Å². The van der Waals surface area contributed by atoms with Crippen molar-refractivity contribution in [1.29, 1.82) is 0 Å². The van der Waals surface area contributed by atoms with E-state index >= 15 is 0 Å². The zero-order valence-corrected chi connectivity index (χ0v) is 13.7. The fourth-order valence-electron chi connectivity index (χ4n) is 2.89. The molecule has 2 rings (SSSR count). The number of likely N-dealkylation sites (tertiary alicyclic amines) is 1. The van der Waals surface area contributed by atoms with Gasteiger partial charge in [0.1, 0.15) is 24.6 Å². The van der Waals surface area contributed by atoms with Crippen LogP contribution in [0.3, 0.4) is 0 Å². The van der Waals surface area contributed by atoms with Gasteiger partial charge in [0, 0.05) is 38.4 Å². The summed E-state index contributed by atoms with van der Waals surface area (Å²) in [4.78, 5) is 17.8. The number of aliphatic hydroxyl groups excluding tert-OH is 1. The average molecular weight is 349 g/mol. The molecule has 9 heteroatoms. The lowest BCUT2D eigenvalue weighted by atomic mass is 9.91. The maximum Gasteiger partial charge on any atom is 0.411 e. The van der Waals surface area contributed by atoms with E-state index in [4.69, 9.17) is 0 Å². The van der Waals surface area contributed by atoms with E-state index in [1.807, 2.05) is 0 Å². The Balaban J connectivity index is 1.94. The number of aliphatic hydroxyl groups is 1. The first-order valence-corrected chi connectivity index (χ1v) is 7.81. The summed E-state index contributed by atoms with van der Waals surface area (Å²) >= 11 is 0. The molecule has 24 heavy (non-hydrogen) atoms. The third kappa shape index (κ3) is 4.70. The van der Waals surface area contributed by atoms with E-state index in [-0.39, 0.29) is 12.5 Å². The van der Waals surface area contributed by atoms with Crippen LogP contribution in [0.5, 0.6) is 0 Å². The number of carbonyl (C=O) groups is 1. The molecule has 0 aliphatic carbocycles. The predicted molar refractivity (Wildman–Crippen MR) is 78.9 cm³/mol. The molecule has 3 unspecified atom stereocenters. The molecule has 2 heterocycles. The Hall–Kier alpha value is -1.61. The molecular weight excluding hydrogens is 327 g/mol. The minimum Gasteiger partial charge on any atom is -0.385 e. The van der Waals surface area contributed by atoms with E-state index in [9.17, 15) is 23.1 Å². The fourth-order valence-corrected chi connectivity index (χ4v) is 2.89. The zero-order chi connectivity index (χ0) is 17.9. The Bertz CT molecular complexity index is 562. The molecule has 0 spiro atoms. The lowest BCUT2D eigenvalue weighted by Gasteiger charge is -2.36. The molecule has 0 radical (unpaired) electrons. The van der Waals surface area contributed by atoms with Crippen molar-refractivity contribution in [2.45, 2.75) is 38.1 Å². The van der Waals surface area contributed by atoms with E-state index < -0.39 is 30.9 Å². The first kappa shape index (κ1) is 18.7. The van der Waals surface area contributed by atoms with Crippen molar-refractivity contribution in [3.8, 4) is 0 Å². The van der Waals surface area contributed by atoms with Gasteiger partial charge in [-0.1, -0.05) is 0 Å². The molecule has 1 aromatic heterocycles. The summed E-state index contributed by atoms with van der Waals surface area (Å²) in [5.41, 5.74) is 0. The second-order valence-corrected chi connectivity index (χ2v) is 6.10. The average Bonchev–Trinajstić information content (AvgIpc) is 2.96. The smallest absolute Gasteiger partial charge is 0.385 e. The highest BCUT2D eigenvalue weighted by molar-refractivity contribution is 5.80. The highest BCUT2D eigenvalue weighted by atomic mass is 19.4. The number of nitrogens with zero attached hydrogens (tertiary/aromatic N) is 3. The van der Waals surface area contributed by atoms with Gasteiger partial charge in [0.05, 0.1) is 0 Å². The van der Waals surface area contributed by atoms with Crippen LogP contribution in [0.25, 0.3) is 0 Å². The van der Waals surface area contributed by atoms with Crippen molar-refractivity contribution < 1.29 is 27.8 Å². The highest BCUT2D eigenvalue weighted by Crippen LogP contribution is 2.29. The number of imidazole rings is 1. The van der Waals surface area contributed by atoms with Gasteiger partial charge in [0.2, 0.25) is 0 Å². The predicted octanol–water partition coefficient (Wildman–Crippen LogP) is 1.66. The molecule has 136 valence electrons. The third-order valence-corrected chi connectivity index (χ3v) is 4.18. The number of hydrogen-bond acceptors (Lipinski definition) is 4. The lowest BCUT2D eigenvalue weighted by Crippen LogP contribution is -2.46. The second-order valence-electron chi connectivity index (χ2n) is 6.10. The highest BCUT2D eigenvalue weighted by Gasteiger charge is 2.34. The summed E-state index contributed by atoms with van der Waals surface area (Å²) in [6, 6.07) is 0. The Kier molecular flexibility index (Phi) is 5.87. The number of ether oxygens (including phenoxy) is 1. The molecular formula is C15H22F3N3O3. The molecule has 6 nitrogen and oxygen atoms in total. The van der Waals surface area contributed by atoms with Gasteiger partial charge in [0.25, 0.3) is 5.91 Å². The number of amides is 1. The summed E-state index contributed by atoms with van der Waals surface area (Å²) < 4.78 is 42.9. The molecule has 1 aliphatic heterocycles. The van der Waals surface area contributed by atoms with Crippen LogP contribution in [-0.4, -0.2) is 57.4 Å². The number of carbonyl (C=O) groups excluding carboxylic acids is 1. The van der Waals surface area contributed by atoms with Crippen molar-refractivity contribution in [3.05, 3.63) is 18.2 Å². The van der Waals surface area contributed by atoms with Crippen LogP contribution in [-0.2, 0) is 16.6 Å². The molecule has 1 amide bonds. The second kappa shape index (κ2) is 7.52. The van der Waals surface area contributed by atoms with Crippen LogP contribution in [0.1, 0.15) is 31.7 Å². The van der Waals surface area contributed by atoms with Gasteiger partial charge in [0.15, 0.2) is 0 Å². The molecule has 1 saturated heterocycles. The van der Waals surface area contributed by atoms with Crippen LogP contribution < -0.4 is 0 Å². The van der Waals surface area contributed by atoms with Crippen LogP contribution in [0.4, 0.5) is 13.2 Å². The normalized spacial score (nSPS) is 21.6. The van der Waals surface area contributed by atoms with E-state index in [0.29, 0.717) is 18.8 Å². The summed E-state index contributed by atoms with van der Waals surface area (Å²) in [5.74, 6) is -0.190. The van der Waals surface area contributed by atoms with Crippen molar-refractivity contribution in [2.75, 3.05) is 19.7 Å². The first-order valence-electron chi connectivity index (χ1n) is 7.81. The van der Waals surface area contributed by atoms with E-state index in [1.165, 1.54) is 11.8 Å². The minimum absolute atomic E-state index is 0.210. The maximum absolute atomic E-state index is 12.3. The largest absolute Gasteiger partial charge is 0.411 e. The van der Waals surface area contributed by atoms with Gasteiger partial charge in [-0.05, 0) is 19.8 Å². The molecule has 1 aliphatic rings. The summed E-state index contributed by atoms with van der Waals surface area (Å²) in [6.45, 7) is 0.578. The van der Waals surface area contributed by atoms with E-state index in [1.54, 1.807) is 24.0 Å². The van der Waals surface area contributed by atoms with E-state index in [2.05, 4.69) is 9.72 Å².